The zero-order valence-electron chi connectivity index (χ0n) is 11.6. The van der Waals surface area contributed by atoms with Gasteiger partial charge in [0, 0.05) is 0 Å². The summed E-state index contributed by atoms with van der Waals surface area (Å²) in [7, 11) is 1.51. The summed E-state index contributed by atoms with van der Waals surface area (Å²) in [5.74, 6) is 0.399. The molecule has 0 aliphatic rings. The Kier molecular flexibility index (Phi) is 3.17. The molecular formula is C14H14FN5O. The van der Waals surface area contributed by atoms with Crippen molar-refractivity contribution in [2.75, 3.05) is 12.8 Å². The van der Waals surface area contributed by atoms with Crippen molar-refractivity contribution in [3.63, 3.8) is 0 Å². The maximum absolute atomic E-state index is 13.0. The van der Waals surface area contributed by atoms with Gasteiger partial charge in [0.25, 0.3) is 0 Å². The number of imidazole rings is 1. The first-order valence-corrected chi connectivity index (χ1v) is 6.39. The normalized spacial score (nSPS) is 12.5. The second-order valence-corrected chi connectivity index (χ2v) is 4.62. The number of rotatable bonds is 3. The molecule has 7 heteroatoms. The first-order chi connectivity index (χ1) is 10.1. The Balaban J connectivity index is 2.15. The molecule has 0 radical (unpaired) electrons. The first-order valence-electron chi connectivity index (χ1n) is 6.39. The van der Waals surface area contributed by atoms with Crippen molar-refractivity contribution in [3.05, 3.63) is 42.0 Å². The number of halogens is 1. The van der Waals surface area contributed by atoms with E-state index in [1.165, 1.54) is 25.6 Å². The van der Waals surface area contributed by atoms with Crippen LogP contribution in [0.3, 0.4) is 0 Å². The van der Waals surface area contributed by atoms with Gasteiger partial charge < -0.3 is 10.5 Å². The minimum atomic E-state index is -0.279. The van der Waals surface area contributed by atoms with Gasteiger partial charge in [-0.3, -0.25) is 4.57 Å². The fourth-order valence-electron chi connectivity index (χ4n) is 2.33. The number of nitrogens with two attached hydrogens (primary N) is 1. The molecule has 6 nitrogen and oxygen atoms in total. The van der Waals surface area contributed by atoms with Crippen molar-refractivity contribution >= 4 is 17.1 Å². The van der Waals surface area contributed by atoms with E-state index in [0.29, 0.717) is 23.0 Å². The zero-order valence-corrected chi connectivity index (χ0v) is 11.6. The highest BCUT2D eigenvalue weighted by Gasteiger charge is 2.19. The summed E-state index contributed by atoms with van der Waals surface area (Å²) in [4.78, 5) is 12.5. The summed E-state index contributed by atoms with van der Waals surface area (Å²) in [6.45, 7) is 1.94. The van der Waals surface area contributed by atoms with Gasteiger partial charge in [0.15, 0.2) is 11.2 Å². The number of anilines is 1. The van der Waals surface area contributed by atoms with Crippen LogP contribution in [-0.2, 0) is 0 Å². The van der Waals surface area contributed by atoms with E-state index in [4.69, 9.17) is 10.5 Å². The Morgan fingerprint density at radius 1 is 1.24 bits per heavy atom. The summed E-state index contributed by atoms with van der Waals surface area (Å²) in [6.07, 6.45) is 1.40. The number of fused-ring (bicyclic) bond motifs is 1. The largest absolute Gasteiger partial charge is 0.479 e. The number of aromatic nitrogens is 4. The van der Waals surface area contributed by atoms with Crippen LogP contribution in [0, 0.1) is 5.82 Å². The van der Waals surface area contributed by atoms with Crippen molar-refractivity contribution in [1.29, 1.82) is 0 Å². The molecule has 21 heavy (non-hydrogen) atoms. The lowest BCUT2D eigenvalue weighted by Crippen LogP contribution is -2.10. The zero-order chi connectivity index (χ0) is 15.0. The maximum Gasteiger partial charge on any atom is 0.245 e. The molecule has 2 heterocycles. The average molecular weight is 287 g/mol. The van der Waals surface area contributed by atoms with Crippen molar-refractivity contribution < 1.29 is 9.13 Å². The van der Waals surface area contributed by atoms with Gasteiger partial charge in [0.1, 0.15) is 12.1 Å². The Bertz CT molecular complexity index is 784. The lowest BCUT2D eigenvalue weighted by atomic mass is 10.1. The molecule has 2 N–H and O–H groups in total. The molecule has 0 aliphatic carbocycles. The minimum Gasteiger partial charge on any atom is -0.479 e. The van der Waals surface area contributed by atoms with Crippen LogP contribution in [0.1, 0.15) is 18.5 Å². The molecule has 108 valence electrons. The van der Waals surface area contributed by atoms with Crippen LogP contribution in [0.15, 0.2) is 30.6 Å². The third kappa shape index (κ3) is 2.16. The minimum absolute atomic E-state index is 0.143. The summed E-state index contributed by atoms with van der Waals surface area (Å²) in [6, 6.07) is 6.11. The van der Waals surface area contributed by atoms with Crippen LogP contribution in [0.4, 0.5) is 10.3 Å². The van der Waals surface area contributed by atoms with Gasteiger partial charge in [-0.2, -0.15) is 4.98 Å². The van der Waals surface area contributed by atoms with Crippen LogP contribution < -0.4 is 10.5 Å². The van der Waals surface area contributed by atoms with E-state index in [2.05, 4.69) is 15.0 Å². The number of ether oxygens (including phenoxy) is 1. The van der Waals surface area contributed by atoms with Gasteiger partial charge in [-0.1, -0.05) is 12.1 Å². The monoisotopic (exact) mass is 287 g/mol. The van der Waals surface area contributed by atoms with E-state index < -0.39 is 0 Å². The van der Waals surface area contributed by atoms with Crippen LogP contribution in [0.2, 0.25) is 0 Å². The number of benzene rings is 1. The molecule has 0 saturated heterocycles. The summed E-state index contributed by atoms with van der Waals surface area (Å²) < 4.78 is 20.0. The molecule has 2 aromatic heterocycles. The van der Waals surface area contributed by atoms with E-state index in [-0.39, 0.29) is 11.9 Å². The van der Waals surface area contributed by atoms with Crippen LogP contribution in [-0.4, -0.2) is 26.6 Å². The topological polar surface area (TPSA) is 78.8 Å². The Morgan fingerprint density at radius 2 is 1.95 bits per heavy atom. The molecule has 3 aromatic rings. The van der Waals surface area contributed by atoms with Crippen LogP contribution in [0.25, 0.3) is 11.2 Å². The van der Waals surface area contributed by atoms with E-state index >= 15 is 0 Å². The van der Waals surface area contributed by atoms with Gasteiger partial charge in [-0.05, 0) is 24.6 Å². The van der Waals surface area contributed by atoms with Gasteiger partial charge in [0.05, 0.1) is 13.2 Å². The van der Waals surface area contributed by atoms with Gasteiger partial charge in [-0.25, -0.2) is 14.4 Å². The smallest absolute Gasteiger partial charge is 0.245 e. The molecular weight excluding hydrogens is 273 g/mol. The van der Waals surface area contributed by atoms with Crippen LogP contribution in [0.5, 0.6) is 5.88 Å². The summed E-state index contributed by atoms with van der Waals surface area (Å²) >= 11 is 0. The van der Waals surface area contributed by atoms with Crippen LogP contribution >= 0.6 is 0 Å². The van der Waals surface area contributed by atoms with Gasteiger partial charge in [0.2, 0.25) is 11.8 Å². The Labute approximate surface area is 120 Å². The molecule has 1 unspecified atom stereocenters. The summed E-state index contributed by atoms with van der Waals surface area (Å²) in [5.41, 5.74) is 7.99. The fourth-order valence-corrected chi connectivity index (χ4v) is 2.33. The Hall–Kier alpha value is -2.70. The molecule has 0 amide bonds. The molecule has 0 saturated carbocycles. The van der Waals surface area contributed by atoms with E-state index in [1.807, 2.05) is 6.92 Å². The molecule has 0 aliphatic heterocycles. The third-order valence-corrected chi connectivity index (χ3v) is 3.40. The number of nitrogen functional groups attached to an aromatic ring is 1. The van der Waals surface area contributed by atoms with Crippen molar-refractivity contribution in [2.24, 2.45) is 0 Å². The molecule has 3 rings (SSSR count). The third-order valence-electron chi connectivity index (χ3n) is 3.40. The van der Waals surface area contributed by atoms with Gasteiger partial charge >= 0.3 is 0 Å². The second kappa shape index (κ2) is 5.01. The fraction of sp³-hybridized carbons (Fsp3) is 0.214. The van der Waals surface area contributed by atoms with Crippen molar-refractivity contribution in [1.82, 2.24) is 19.5 Å². The predicted octanol–water partition coefficient (Wildman–Crippen LogP) is 2.17. The molecule has 1 aromatic carbocycles. The highest BCUT2D eigenvalue weighted by molar-refractivity contribution is 5.79. The number of methoxy groups -OCH3 is 1. The van der Waals surface area contributed by atoms with E-state index in [9.17, 15) is 4.39 Å². The van der Waals surface area contributed by atoms with E-state index in [0.717, 1.165) is 5.56 Å². The molecule has 0 spiro atoms. The Morgan fingerprint density at radius 3 is 2.62 bits per heavy atom. The van der Waals surface area contributed by atoms with Crippen molar-refractivity contribution in [2.45, 2.75) is 13.0 Å². The van der Waals surface area contributed by atoms with E-state index in [1.54, 1.807) is 16.7 Å². The quantitative estimate of drug-likeness (QED) is 0.798. The first kappa shape index (κ1) is 13.3. The van der Waals surface area contributed by atoms with Gasteiger partial charge in [-0.15, -0.1) is 0 Å². The highest BCUT2D eigenvalue weighted by atomic mass is 19.1. The number of hydrogen-bond donors (Lipinski definition) is 1. The number of nitrogens with zero attached hydrogens (tertiary/aromatic N) is 4. The molecule has 1 atom stereocenters. The maximum atomic E-state index is 13.0. The summed E-state index contributed by atoms with van der Waals surface area (Å²) in [5, 5.41) is 0. The highest BCUT2D eigenvalue weighted by Crippen LogP contribution is 2.29. The molecule has 0 bridgehead atoms. The molecule has 0 fully saturated rings. The SMILES string of the molecule is COc1ncnc2c1nc(N)n2C(C)c1ccc(F)cc1. The predicted molar refractivity (Wildman–Crippen MR) is 76.5 cm³/mol. The second-order valence-electron chi connectivity index (χ2n) is 4.62. The number of hydrogen-bond acceptors (Lipinski definition) is 5. The standard InChI is InChI=1S/C14H14FN5O/c1-8(9-3-5-10(15)6-4-9)20-12-11(19-14(20)16)13(21-2)18-7-17-12/h3-8H,1-2H3,(H2,16,19). The lowest BCUT2D eigenvalue weighted by molar-refractivity contribution is 0.401. The average Bonchev–Trinajstić information content (AvgIpc) is 2.83. The van der Waals surface area contributed by atoms with Crippen molar-refractivity contribution in [3.8, 4) is 5.88 Å². The lowest BCUT2D eigenvalue weighted by Gasteiger charge is -2.15.